The summed E-state index contributed by atoms with van der Waals surface area (Å²) in [6, 6.07) is 4.71. The Balaban J connectivity index is 2.81. The largest absolute Gasteiger partial charge is 0.299 e. The van der Waals surface area contributed by atoms with E-state index < -0.39 is 17.9 Å². The number of nitrogens with zero attached hydrogens (tertiary/aromatic N) is 1. The summed E-state index contributed by atoms with van der Waals surface area (Å²) in [4.78, 5) is 46.2. The van der Waals surface area contributed by atoms with Crippen LogP contribution in [0.15, 0.2) is 22.7 Å². The van der Waals surface area contributed by atoms with E-state index >= 15 is 0 Å². The molecule has 0 aliphatic heterocycles. The summed E-state index contributed by atoms with van der Waals surface area (Å²) in [6.45, 7) is 3.46. The van der Waals surface area contributed by atoms with Gasteiger partial charge in [-0.1, -0.05) is 15.9 Å². The first-order chi connectivity index (χ1) is 10.4. The molecular formula is C15H17BrN2O4. The van der Waals surface area contributed by atoms with Crippen LogP contribution in [0.2, 0.25) is 0 Å². The van der Waals surface area contributed by atoms with Crippen molar-refractivity contribution in [2.45, 2.75) is 32.7 Å². The van der Waals surface area contributed by atoms with Crippen LogP contribution in [0.4, 0.5) is 0 Å². The monoisotopic (exact) mass is 368 g/mol. The molecule has 1 unspecified atom stereocenters. The summed E-state index contributed by atoms with van der Waals surface area (Å²) in [5, 5.41) is 2.02. The Hall–Kier alpha value is -2.02. The average molecular weight is 369 g/mol. The SMILES string of the molecule is Cc1cc(Br)ccc1C(=O)N(C=O)C(C)CCC(=O)NC=O. The third kappa shape index (κ3) is 4.77. The second-order valence-corrected chi connectivity index (χ2v) is 5.77. The predicted octanol–water partition coefficient (Wildman–Crippen LogP) is 1.80. The molecule has 1 atom stereocenters. The summed E-state index contributed by atoms with van der Waals surface area (Å²) < 4.78 is 0.845. The Morgan fingerprint density at radius 3 is 2.59 bits per heavy atom. The fourth-order valence-corrected chi connectivity index (χ4v) is 2.45. The molecule has 1 N–H and O–H groups in total. The van der Waals surface area contributed by atoms with Gasteiger partial charge in [0.25, 0.3) is 5.91 Å². The zero-order valence-corrected chi connectivity index (χ0v) is 13.9. The molecule has 0 aliphatic carbocycles. The highest BCUT2D eigenvalue weighted by atomic mass is 79.9. The van der Waals surface area contributed by atoms with E-state index in [2.05, 4.69) is 15.9 Å². The third-order valence-corrected chi connectivity index (χ3v) is 3.74. The van der Waals surface area contributed by atoms with Gasteiger partial charge in [-0.25, -0.2) is 0 Å². The molecule has 0 fully saturated rings. The van der Waals surface area contributed by atoms with Crippen molar-refractivity contribution in [2.24, 2.45) is 0 Å². The zero-order chi connectivity index (χ0) is 16.7. The first kappa shape index (κ1) is 18.0. The van der Waals surface area contributed by atoms with E-state index in [4.69, 9.17) is 0 Å². The summed E-state index contributed by atoms with van der Waals surface area (Å²) in [5.41, 5.74) is 1.18. The maximum atomic E-state index is 12.4. The molecule has 0 radical (unpaired) electrons. The highest BCUT2D eigenvalue weighted by Crippen LogP contribution is 2.18. The summed E-state index contributed by atoms with van der Waals surface area (Å²) in [7, 11) is 0. The van der Waals surface area contributed by atoms with Crippen molar-refractivity contribution in [3.63, 3.8) is 0 Å². The number of hydrogen-bond acceptors (Lipinski definition) is 4. The zero-order valence-electron chi connectivity index (χ0n) is 12.3. The Labute approximate surface area is 137 Å². The van der Waals surface area contributed by atoms with Gasteiger partial charge in [-0.15, -0.1) is 0 Å². The number of hydrogen-bond donors (Lipinski definition) is 1. The van der Waals surface area contributed by atoms with Crippen molar-refractivity contribution in [3.8, 4) is 0 Å². The molecule has 4 amide bonds. The van der Waals surface area contributed by atoms with Crippen molar-refractivity contribution in [1.29, 1.82) is 0 Å². The smallest absolute Gasteiger partial charge is 0.260 e. The highest BCUT2D eigenvalue weighted by molar-refractivity contribution is 9.10. The molecular weight excluding hydrogens is 352 g/mol. The molecule has 0 spiro atoms. The van der Waals surface area contributed by atoms with E-state index in [0.29, 0.717) is 18.4 Å². The van der Waals surface area contributed by atoms with Gasteiger partial charge in [-0.2, -0.15) is 0 Å². The minimum Gasteiger partial charge on any atom is -0.299 e. The lowest BCUT2D eigenvalue weighted by atomic mass is 10.1. The number of carbonyl (C=O) groups excluding carboxylic acids is 4. The molecule has 0 heterocycles. The maximum absolute atomic E-state index is 12.4. The van der Waals surface area contributed by atoms with Crippen LogP contribution < -0.4 is 5.32 Å². The van der Waals surface area contributed by atoms with Crippen LogP contribution in [-0.2, 0) is 14.4 Å². The van der Waals surface area contributed by atoms with Crippen LogP contribution in [0.5, 0.6) is 0 Å². The van der Waals surface area contributed by atoms with Gasteiger partial charge in [-0.3, -0.25) is 29.4 Å². The second kappa shape index (κ2) is 8.43. The summed E-state index contributed by atoms with van der Waals surface area (Å²) >= 11 is 3.32. The lowest BCUT2D eigenvalue weighted by Crippen LogP contribution is -2.38. The number of halogens is 1. The van der Waals surface area contributed by atoms with Crippen LogP contribution in [0.1, 0.15) is 35.7 Å². The van der Waals surface area contributed by atoms with Crippen LogP contribution in [-0.4, -0.2) is 35.6 Å². The van der Waals surface area contributed by atoms with Gasteiger partial charge in [0.1, 0.15) is 0 Å². The second-order valence-electron chi connectivity index (χ2n) is 4.85. The number of imide groups is 2. The number of nitrogens with one attached hydrogen (secondary N) is 1. The molecule has 0 bridgehead atoms. The van der Waals surface area contributed by atoms with Crippen LogP contribution in [0, 0.1) is 6.92 Å². The number of carbonyl (C=O) groups is 4. The van der Waals surface area contributed by atoms with Crippen molar-refractivity contribution >= 4 is 40.6 Å². The summed E-state index contributed by atoms with van der Waals surface area (Å²) in [6.07, 6.45) is 1.10. The van der Waals surface area contributed by atoms with E-state index in [1.165, 1.54) is 0 Å². The molecule has 1 rings (SSSR count). The molecule has 0 saturated carbocycles. The molecule has 22 heavy (non-hydrogen) atoms. The molecule has 0 aromatic heterocycles. The van der Waals surface area contributed by atoms with Gasteiger partial charge < -0.3 is 0 Å². The number of amides is 4. The Morgan fingerprint density at radius 1 is 1.36 bits per heavy atom. The van der Waals surface area contributed by atoms with E-state index in [1.54, 1.807) is 32.0 Å². The minimum atomic E-state index is -0.453. The van der Waals surface area contributed by atoms with Gasteiger partial charge in [0.05, 0.1) is 0 Å². The third-order valence-electron chi connectivity index (χ3n) is 3.25. The lowest BCUT2D eigenvalue weighted by molar-refractivity contribution is -0.126. The molecule has 118 valence electrons. The van der Waals surface area contributed by atoms with Crippen molar-refractivity contribution in [2.75, 3.05) is 0 Å². The van der Waals surface area contributed by atoms with Crippen LogP contribution in [0.25, 0.3) is 0 Å². The molecule has 1 aromatic rings. The first-order valence-corrected chi connectivity index (χ1v) is 7.47. The van der Waals surface area contributed by atoms with Gasteiger partial charge >= 0.3 is 0 Å². The standard InChI is InChI=1S/C15H17BrN2O4/c1-10-7-12(16)4-5-13(10)15(22)18(9-20)11(2)3-6-14(21)17-8-19/h4-5,7-9,11H,3,6H2,1-2H3,(H,17,19,21). The Kier molecular flexibility index (Phi) is 6.91. The lowest BCUT2D eigenvalue weighted by Gasteiger charge is -2.23. The topological polar surface area (TPSA) is 83.6 Å². The van der Waals surface area contributed by atoms with Crippen molar-refractivity contribution in [3.05, 3.63) is 33.8 Å². The maximum Gasteiger partial charge on any atom is 0.260 e. The fraction of sp³-hybridized carbons (Fsp3) is 0.333. The van der Waals surface area contributed by atoms with E-state index in [0.717, 1.165) is 14.9 Å². The van der Waals surface area contributed by atoms with Crippen LogP contribution >= 0.6 is 15.9 Å². The molecule has 1 aromatic carbocycles. The number of benzene rings is 1. The predicted molar refractivity (Wildman–Crippen MR) is 84.0 cm³/mol. The summed E-state index contributed by atoms with van der Waals surface area (Å²) in [5.74, 6) is -0.858. The average Bonchev–Trinajstić information content (AvgIpc) is 2.46. The Morgan fingerprint density at radius 2 is 2.05 bits per heavy atom. The van der Waals surface area contributed by atoms with Crippen LogP contribution in [0.3, 0.4) is 0 Å². The van der Waals surface area contributed by atoms with Gasteiger partial charge in [0.2, 0.25) is 18.7 Å². The van der Waals surface area contributed by atoms with Crippen molar-refractivity contribution in [1.82, 2.24) is 10.2 Å². The quantitative estimate of drug-likeness (QED) is 0.743. The molecule has 6 nitrogen and oxygen atoms in total. The molecule has 0 saturated heterocycles. The van der Waals surface area contributed by atoms with Gasteiger partial charge in [0.15, 0.2) is 0 Å². The van der Waals surface area contributed by atoms with Gasteiger partial charge in [0, 0.05) is 22.5 Å². The van der Waals surface area contributed by atoms with Crippen molar-refractivity contribution < 1.29 is 19.2 Å². The van der Waals surface area contributed by atoms with E-state index in [-0.39, 0.29) is 12.8 Å². The Bertz CT molecular complexity index is 589. The first-order valence-electron chi connectivity index (χ1n) is 6.67. The fourth-order valence-electron chi connectivity index (χ4n) is 1.98. The van der Waals surface area contributed by atoms with Gasteiger partial charge in [-0.05, 0) is 44.0 Å². The highest BCUT2D eigenvalue weighted by Gasteiger charge is 2.22. The normalized spacial score (nSPS) is 11.4. The minimum absolute atomic E-state index is 0.0524. The number of rotatable bonds is 7. The molecule has 7 heteroatoms. The van der Waals surface area contributed by atoms with E-state index in [1.807, 2.05) is 5.32 Å². The van der Waals surface area contributed by atoms with E-state index in [9.17, 15) is 19.2 Å². The molecule has 0 aliphatic rings. The number of aryl methyl sites for hydroxylation is 1.